The predicted octanol–water partition coefficient (Wildman–Crippen LogP) is 5.31. The molecule has 0 fully saturated rings. The first kappa shape index (κ1) is 23.7. The van der Waals surface area contributed by atoms with E-state index >= 15 is 0 Å². The molecule has 0 saturated carbocycles. The molecule has 9 heteroatoms. The molecule has 6 nitrogen and oxygen atoms in total. The van der Waals surface area contributed by atoms with E-state index in [9.17, 15) is 27.6 Å². The Bertz CT molecular complexity index is 1460. The lowest BCUT2D eigenvalue weighted by atomic mass is 10.0. The largest absolute Gasteiger partial charge is 0.455 e. The summed E-state index contributed by atoms with van der Waals surface area (Å²) in [5.41, 5.74) is 1.42. The molecule has 0 spiro atoms. The molecule has 3 aromatic carbocycles. The first-order valence-corrected chi connectivity index (χ1v) is 10.5. The normalized spacial score (nSPS) is 11.3. The van der Waals surface area contributed by atoms with Crippen LogP contribution in [0.15, 0.2) is 82.0 Å². The van der Waals surface area contributed by atoms with Crippen LogP contribution in [0.25, 0.3) is 22.3 Å². The lowest BCUT2D eigenvalue weighted by molar-refractivity contribution is -0.123. The lowest BCUT2D eigenvalue weighted by Gasteiger charge is -2.11. The Balaban J connectivity index is 1.61. The van der Waals surface area contributed by atoms with Crippen molar-refractivity contribution in [3.05, 3.63) is 99.7 Å². The maximum atomic E-state index is 13.0. The van der Waals surface area contributed by atoms with E-state index in [1.807, 2.05) is 18.2 Å². The highest BCUT2D eigenvalue weighted by atomic mass is 19.4. The first-order valence-electron chi connectivity index (χ1n) is 10.5. The second-order valence-electron chi connectivity index (χ2n) is 7.76. The number of hydrogen-bond acceptors (Lipinski definition) is 4. The van der Waals surface area contributed by atoms with E-state index in [1.165, 1.54) is 30.3 Å². The Morgan fingerprint density at radius 2 is 1.57 bits per heavy atom. The van der Waals surface area contributed by atoms with Gasteiger partial charge in [-0.15, -0.1) is 0 Å². The van der Waals surface area contributed by atoms with Crippen LogP contribution in [0.1, 0.15) is 26.3 Å². The van der Waals surface area contributed by atoms with Gasteiger partial charge in [0.15, 0.2) is 11.0 Å². The zero-order chi connectivity index (χ0) is 25.2. The van der Waals surface area contributed by atoms with Crippen LogP contribution in [-0.2, 0) is 0 Å². The van der Waals surface area contributed by atoms with Crippen LogP contribution in [0.3, 0.4) is 0 Å². The summed E-state index contributed by atoms with van der Waals surface area (Å²) < 4.78 is 42.9. The number of alkyl halides is 3. The van der Waals surface area contributed by atoms with E-state index in [0.717, 1.165) is 0 Å². The molecule has 1 aromatic heterocycles. The van der Waals surface area contributed by atoms with Crippen molar-refractivity contribution in [1.82, 2.24) is 5.32 Å². The summed E-state index contributed by atoms with van der Waals surface area (Å²) in [6.45, 7) is 0.216. The van der Waals surface area contributed by atoms with Gasteiger partial charge >= 0.3 is 6.18 Å². The third-order valence-corrected chi connectivity index (χ3v) is 5.28. The molecule has 35 heavy (non-hydrogen) atoms. The minimum Gasteiger partial charge on any atom is -0.455 e. The van der Waals surface area contributed by atoms with Crippen LogP contribution < -0.4 is 16.1 Å². The summed E-state index contributed by atoms with van der Waals surface area (Å²) in [6.07, 6.45) is -4.52. The average molecular weight is 480 g/mol. The van der Waals surface area contributed by atoms with Crippen LogP contribution >= 0.6 is 0 Å². The van der Waals surface area contributed by atoms with Crippen LogP contribution in [0.5, 0.6) is 0 Å². The molecule has 0 bridgehead atoms. The Hall–Kier alpha value is -4.40. The van der Waals surface area contributed by atoms with Crippen LogP contribution in [0, 0.1) is 6.92 Å². The van der Waals surface area contributed by atoms with Crippen molar-refractivity contribution in [2.75, 3.05) is 11.9 Å². The molecular weight excluding hydrogens is 461 g/mol. The molecule has 0 saturated heterocycles. The minimum absolute atomic E-state index is 0.00591. The molecule has 178 valence electrons. The third kappa shape index (κ3) is 5.24. The number of carbonyl (C=O) groups excluding carboxylic acids is 2. The van der Waals surface area contributed by atoms with Crippen molar-refractivity contribution in [3.63, 3.8) is 0 Å². The summed E-state index contributed by atoms with van der Waals surface area (Å²) in [5.74, 6) is -1.09. The highest BCUT2D eigenvalue weighted by molar-refractivity contribution is 6.11. The topological polar surface area (TPSA) is 88.4 Å². The molecule has 0 aliphatic rings. The molecule has 0 unspecified atom stereocenters. The number of nitrogens with one attached hydrogen (secondary N) is 2. The molecule has 0 aliphatic carbocycles. The molecule has 0 aliphatic heterocycles. The maximum absolute atomic E-state index is 13.0. The van der Waals surface area contributed by atoms with Gasteiger partial charge in [0, 0.05) is 22.4 Å². The highest BCUT2D eigenvalue weighted by Crippen LogP contribution is 2.27. The van der Waals surface area contributed by atoms with Crippen LogP contribution in [0.4, 0.5) is 18.9 Å². The number of fused-ring (bicyclic) bond motifs is 1. The van der Waals surface area contributed by atoms with Crippen LogP contribution in [-0.4, -0.2) is 24.5 Å². The number of amides is 2. The van der Waals surface area contributed by atoms with Crippen molar-refractivity contribution in [3.8, 4) is 11.3 Å². The van der Waals surface area contributed by atoms with Crippen LogP contribution in [0.2, 0.25) is 0 Å². The van der Waals surface area contributed by atoms with Gasteiger partial charge in [-0.1, -0.05) is 36.4 Å². The van der Waals surface area contributed by atoms with Gasteiger partial charge in [0.25, 0.3) is 11.8 Å². The number of para-hydroxylation sites is 1. The smallest absolute Gasteiger partial charge is 0.405 e. The number of hydrogen-bond donors (Lipinski definition) is 2. The monoisotopic (exact) mass is 480 g/mol. The summed E-state index contributed by atoms with van der Waals surface area (Å²) in [4.78, 5) is 37.9. The van der Waals surface area contributed by atoms with E-state index in [2.05, 4.69) is 5.32 Å². The fourth-order valence-corrected chi connectivity index (χ4v) is 3.54. The second kappa shape index (κ2) is 9.46. The van der Waals surface area contributed by atoms with Crippen molar-refractivity contribution < 1.29 is 27.2 Å². The van der Waals surface area contributed by atoms with Crippen molar-refractivity contribution in [2.24, 2.45) is 0 Å². The highest BCUT2D eigenvalue weighted by Gasteiger charge is 2.28. The Kier molecular flexibility index (Phi) is 6.42. The second-order valence-corrected chi connectivity index (χ2v) is 7.76. The number of halogens is 3. The van der Waals surface area contributed by atoms with E-state index < -0.39 is 24.5 Å². The Labute approximate surface area is 197 Å². The predicted molar refractivity (Wildman–Crippen MR) is 125 cm³/mol. The molecule has 0 atom stereocenters. The molecule has 0 radical (unpaired) electrons. The third-order valence-electron chi connectivity index (χ3n) is 5.28. The van der Waals surface area contributed by atoms with Crippen molar-refractivity contribution in [1.29, 1.82) is 0 Å². The molecule has 2 amide bonds. The average Bonchev–Trinajstić information content (AvgIpc) is 2.85. The molecule has 4 aromatic rings. The fourth-order valence-electron chi connectivity index (χ4n) is 3.54. The molecule has 2 N–H and O–H groups in total. The number of benzene rings is 3. The van der Waals surface area contributed by atoms with Gasteiger partial charge in [0.1, 0.15) is 12.3 Å². The lowest BCUT2D eigenvalue weighted by Crippen LogP contribution is -2.33. The van der Waals surface area contributed by atoms with E-state index in [0.29, 0.717) is 22.6 Å². The van der Waals surface area contributed by atoms with Gasteiger partial charge in [-0.05, 0) is 43.3 Å². The van der Waals surface area contributed by atoms with Gasteiger partial charge in [-0.25, -0.2) is 0 Å². The van der Waals surface area contributed by atoms with E-state index in [-0.39, 0.29) is 27.5 Å². The van der Waals surface area contributed by atoms with E-state index in [4.69, 9.17) is 4.42 Å². The van der Waals surface area contributed by atoms with Crippen molar-refractivity contribution in [2.45, 2.75) is 13.1 Å². The number of anilines is 1. The maximum Gasteiger partial charge on any atom is 0.405 e. The van der Waals surface area contributed by atoms with Gasteiger partial charge in [0.2, 0.25) is 0 Å². The number of carbonyl (C=O) groups is 2. The molecular formula is C26H19F3N2O4. The Morgan fingerprint density at radius 1 is 0.886 bits per heavy atom. The van der Waals surface area contributed by atoms with E-state index in [1.54, 1.807) is 36.5 Å². The van der Waals surface area contributed by atoms with Gasteiger partial charge in [-0.3, -0.25) is 14.4 Å². The summed E-state index contributed by atoms with van der Waals surface area (Å²) >= 11 is 0. The quantitative estimate of drug-likeness (QED) is 0.405. The first-order chi connectivity index (χ1) is 16.6. The van der Waals surface area contributed by atoms with Crippen molar-refractivity contribution >= 4 is 28.5 Å². The number of rotatable bonds is 5. The summed E-state index contributed by atoms with van der Waals surface area (Å²) in [6, 6.07) is 19.1. The zero-order valence-corrected chi connectivity index (χ0v) is 18.4. The molecule has 1 heterocycles. The fraction of sp³-hybridized carbons (Fsp3) is 0.115. The summed E-state index contributed by atoms with van der Waals surface area (Å²) in [5, 5.41) is 4.69. The van der Waals surface area contributed by atoms with Gasteiger partial charge in [-0.2, -0.15) is 13.2 Å². The summed E-state index contributed by atoms with van der Waals surface area (Å²) in [7, 11) is 0. The van der Waals surface area contributed by atoms with Gasteiger partial charge in [0.05, 0.1) is 10.9 Å². The SMILES string of the molecule is Cc1c(-c2ccccc2)oc2c(C(=O)Nc3ccc(C(=O)NCC(F)(F)F)cc3)cccc2c1=O. The zero-order valence-electron chi connectivity index (χ0n) is 18.4. The Morgan fingerprint density at radius 3 is 2.23 bits per heavy atom. The molecule has 4 rings (SSSR count). The van der Waals surface area contributed by atoms with Gasteiger partial charge < -0.3 is 15.1 Å². The standard InChI is InChI=1S/C26H19F3N2O4/c1-15-21(32)19-8-5-9-20(23(19)35-22(15)16-6-3-2-4-7-16)25(34)31-18-12-10-17(11-13-18)24(33)30-14-26(27,28)29/h2-13H,14H2,1H3,(H,30,33)(H,31,34). The minimum atomic E-state index is -4.52.